The van der Waals surface area contributed by atoms with E-state index in [1.54, 1.807) is 0 Å². The molecule has 0 aliphatic rings. The lowest BCUT2D eigenvalue weighted by Gasteiger charge is -2.29. The Morgan fingerprint density at radius 1 is 0.357 bits per heavy atom. The normalized spacial score (nSPS) is 11.8. The molecule has 0 unspecified atom stereocenters. The maximum atomic E-state index is 6.65. The fraction of sp³-hybridized carbons (Fsp3) is 0. The summed E-state index contributed by atoms with van der Waals surface area (Å²) in [5, 5.41) is 11.8. The van der Waals surface area contributed by atoms with Crippen molar-refractivity contribution in [2.45, 2.75) is 0 Å². The van der Waals surface area contributed by atoms with Crippen molar-refractivity contribution >= 4 is 82.1 Å². The van der Waals surface area contributed by atoms with Gasteiger partial charge in [-0.15, -0.1) is 0 Å². The van der Waals surface area contributed by atoms with E-state index in [1.807, 2.05) is 6.07 Å². The Kier molecular flexibility index (Phi) is 4.93. The third kappa shape index (κ3) is 3.33. The number of hydrogen-bond acceptors (Lipinski definition) is 2. The van der Waals surface area contributed by atoms with Crippen LogP contribution in [0.3, 0.4) is 0 Å². The van der Waals surface area contributed by atoms with Crippen molar-refractivity contribution < 1.29 is 4.42 Å². The second kappa shape index (κ2) is 8.95. The van der Waals surface area contributed by atoms with E-state index in [4.69, 9.17) is 4.42 Å². The molecule has 9 aromatic rings. The fourth-order valence-electron chi connectivity index (χ4n) is 6.73. The van der Waals surface area contributed by atoms with E-state index in [-0.39, 0.29) is 0 Å². The van der Waals surface area contributed by atoms with Gasteiger partial charge < -0.3 is 9.32 Å². The van der Waals surface area contributed by atoms with Crippen molar-refractivity contribution in [2.24, 2.45) is 0 Å². The average Bonchev–Trinajstić information content (AvgIpc) is 3.45. The first-order valence-corrected chi connectivity index (χ1v) is 14.4. The first-order chi connectivity index (χ1) is 20.8. The van der Waals surface area contributed by atoms with E-state index in [1.165, 1.54) is 32.3 Å². The molecule has 0 saturated heterocycles. The van der Waals surface area contributed by atoms with Gasteiger partial charge in [0.25, 0.3) is 0 Å². The zero-order valence-corrected chi connectivity index (χ0v) is 22.8. The van der Waals surface area contributed by atoms with Gasteiger partial charge in [-0.25, -0.2) is 0 Å². The van der Waals surface area contributed by atoms with Gasteiger partial charge in [-0.2, -0.15) is 0 Å². The van der Waals surface area contributed by atoms with Gasteiger partial charge in [0.1, 0.15) is 11.2 Å². The van der Waals surface area contributed by atoms with Crippen LogP contribution in [0.2, 0.25) is 0 Å². The van der Waals surface area contributed by atoms with Crippen LogP contribution in [0.25, 0.3) is 65.0 Å². The third-order valence-corrected chi connectivity index (χ3v) is 8.58. The fourth-order valence-corrected chi connectivity index (χ4v) is 6.73. The van der Waals surface area contributed by atoms with Gasteiger partial charge >= 0.3 is 0 Å². The van der Waals surface area contributed by atoms with Crippen LogP contribution in [-0.2, 0) is 0 Å². The first kappa shape index (κ1) is 23.1. The van der Waals surface area contributed by atoms with Crippen molar-refractivity contribution in [1.82, 2.24) is 0 Å². The van der Waals surface area contributed by atoms with Gasteiger partial charge in [-0.3, -0.25) is 0 Å². The molecule has 0 saturated carbocycles. The molecule has 1 aromatic heterocycles. The molecule has 0 spiro atoms. The lowest BCUT2D eigenvalue weighted by atomic mass is 9.97. The molecule has 0 aliphatic heterocycles. The SMILES string of the molecule is c1ccc2c(N(c3cc4ccccc4c4ccccc34)c3cc4ccccc4c4oc5ccccc5c34)cccc2c1. The molecule has 0 bridgehead atoms. The van der Waals surface area contributed by atoms with Gasteiger partial charge in [-0.1, -0.05) is 127 Å². The van der Waals surface area contributed by atoms with E-state index in [2.05, 4.69) is 150 Å². The Bertz CT molecular complexity index is 2480. The number of hydrogen-bond donors (Lipinski definition) is 0. The summed E-state index contributed by atoms with van der Waals surface area (Å²) < 4.78 is 6.65. The number of benzene rings is 8. The molecule has 42 heavy (non-hydrogen) atoms. The minimum Gasteiger partial charge on any atom is -0.455 e. The van der Waals surface area contributed by atoms with Crippen molar-refractivity contribution in [3.63, 3.8) is 0 Å². The Hall–Kier alpha value is -5.60. The highest BCUT2D eigenvalue weighted by atomic mass is 16.3. The van der Waals surface area contributed by atoms with Crippen molar-refractivity contribution in [3.05, 3.63) is 152 Å². The summed E-state index contributed by atoms with van der Waals surface area (Å²) in [6.07, 6.45) is 0. The summed E-state index contributed by atoms with van der Waals surface area (Å²) in [5.74, 6) is 0. The molecule has 8 aromatic carbocycles. The Balaban J connectivity index is 1.51. The van der Waals surface area contributed by atoms with Gasteiger partial charge in [0.05, 0.1) is 22.4 Å². The number of nitrogens with zero attached hydrogens (tertiary/aromatic N) is 1. The van der Waals surface area contributed by atoms with Crippen LogP contribution in [0, 0.1) is 0 Å². The third-order valence-electron chi connectivity index (χ3n) is 8.58. The predicted molar refractivity (Wildman–Crippen MR) is 178 cm³/mol. The summed E-state index contributed by atoms with van der Waals surface area (Å²) in [6, 6.07) is 54.4. The number of para-hydroxylation sites is 1. The summed E-state index contributed by atoms with van der Waals surface area (Å²) in [6.45, 7) is 0. The van der Waals surface area contributed by atoms with E-state index in [9.17, 15) is 0 Å². The lowest BCUT2D eigenvalue weighted by molar-refractivity contribution is 0.672. The molecule has 0 amide bonds. The van der Waals surface area contributed by atoms with Crippen molar-refractivity contribution in [1.29, 1.82) is 0 Å². The minimum atomic E-state index is 0.895. The molecule has 0 atom stereocenters. The summed E-state index contributed by atoms with van der Waals surface area (Å²) in [7, 11) is 0. The average molecular weight is 536 g/mol. The lowest BCUT2D eigenvalue weighted by Crippen LogP contribution is -2.12. The molecule has 2 nitrogen and oxygen atoms in total. The van der Waals surface area contributed by atoms with Crippen LogP contribution in [-0.4, -0.2) is 0 Å². The topological polar surface area (TPSA) is 16.4 Å². The number of fused-ring (bicyclic) bond motifs is 9. The van der Waals surface area contributed by atoms with Gasteiger partial charge in [0, 0.05) is 21.5 Å². The van der Waals surface area contributed by atoms with Crippen LogP contribution in [0.1, 0.15) is 0 Å². The predicted octanol–water partition coefficient (Wildman–Crippen LogP) is 11.7. The Morgan fingerprint density at radius 3 is 1.71 bits per heavy atom. The van der Waals surface area contributed by atoms with E-state index < -0.39 is 0 Å². The van der Waals surface area contributed by atoms with Crippen molar-refractivity contribution in [3.8, 4) is 0 Å². The van der Waals surface area contributed by atoms with E-state index in [0.717, 1.165) is 49.8 Å². The van der Waals surface area contributed by atoms with Crippen LogP contribution < -0.4 is 4.90 Å². The van der Waals surface area contributed by atoms with E-state index >= 15 is 0 Å². The largest absolute Gasteiger partial charge is 0.455 e. The van der Waals surface area contributed by atoms with Crippen LogP contribution >= 0.6 is 0 Å². The van der Waals surface area contributed by atoms with Gasteiger partial charge in [0.2, 0.25) is 0 Å². The molecule has 9 rings (SSSR count). The zero-order valence-electron chi connectivity index (χ0n) is 22.8. The highest BCUT2D eigenvalue weighted by Crippen LogP contribution is 2.49. The standard InChI is InChI=1S/C40H25NO/c1-5-17-30-26(12-1)15-11-22-35(30)41(36-24-27-13-2-4-16-29(27)32-19-7-8-20-33(32)36)37-25-28-14-3-6-18-31(28)40-39(37)34-21-9-10-23-38(34)42-40/h1-25H. The molecule has 2 heteroatoms. The molecular weight excluding hydrogens is 510 g/mol. The summed E-state index contributed by atoms with van der Waals surface area (Å²) >= 11 is 0. The maximum absolute atomic E-state index is 6.65. The summed E-state index contributed by atoms with van der Waals surface area (Å²) in [4.78, 5) is 2.47. The molecule has 0 N–H and O–H groups in total. The molecule has 196 valence electrons. The minimum absolute atomic E-state index is 0.895. The smallest absolute Gasteiger partial charge is 0.145 e. The van der Waals surface area contributed by atoms with Gasteiger partial charge in [0.15, 0.2) is 0 Å². The molecular formula is C40H25NO. The highest BCUT2D eigenvalue weighted by molar-refractivity contribution is 6.24. The van der Waals surface area contributed by atoms with Gasteiger partial charge in [-0.05, 0) is 51.2 Å². The number of rotatable bonds is 3. The second-order valence-electron chi connectivity index (χ2n) is 10.9. The molecule has 0 fully saturated rings. The Labute approximate surface area is 242 Å². The zero-order chi connectivity index (χ0) is 27.6. The summed E-state index contributed by atoms with van der Waals surface area (Å²) in [5.41, 5.74) is 5.19. The van der Waals surface area contributed by atoms with Crippen LogP contribution in [0.4, 0.5) is 17.1 Å². The molecule has 0 aliphatic carbocycles. The highest BCUT2D eigenvalue weighted by Gasteiger charge is 2.24. The molecule has 1 heterocycles. The van der Waals surface area contributed by atoms with Crippen LogP contribution in [0.15, 0.2) is 156 Å². The second-order valence-corrected chi connectivity index (χ2v) is 10.9. The van der Waals surface area contributed by atoms with Crippen LogP contribution in [0.5, 0.6) is 0 Å². The quantitative estimate of drug-likeness (QED) is 0.209. The Morgan fingerprint density at radius 2 is 0.905 bits per heavy atom. The number of anilines is 3. The first-order valence-electron chi connectivity index (χ1n) is 14.4. The number of furan rings is 1. The van der Waals surface area contributed by atoms with Crippen molar-refractivity contribution in [2.75, 3.05) is 4.90 Å². The monoisotopic (exact) mass is 535 g/mol. The molecule has 0 radical (unpaired) electrons. The maximum Gasteiger partial charge on any atom is 0.145 e. The van der Waals surface area contributed by atoms with E-state index in [0.29, 0.717) is 0 Å².